The predicted octanol–water partition coefficient (Wildman–Crippen LogP) is 2.55. The lowest BCUT2D eigenvalue weighted by atomic mass is 9.98. The average molecular weight is 254 g/mol. The van der Waals surface area contributed by atoms with E-state index in [4.69, 9.17) is 5.26 Å². The largest absolute Gasteiger partial charge is 0.342 e. The van der Waals surface area contributed by atoms with Crippen LogP contribution in [-0.2, 0) is 4.79 Å². The molecule has 1 saturated carbocycles. The highest BCUT2D eigenvalue weighted by Gasteiger charge is 2.45. The Morgan fingerprint density at radius 1 is 1.21 bits per heavy atom. The van der Waals surface area contributed by atoms with E-state index in [-0.39, 0.29) is 11.8 Å². The zero-order chi connectivity index (χ0) is 13.2. The van der Waals surface area contributed by atoms with Gasteiger partial charge in [0.05, 0.1) is 6.07 Å². The third-order valence-electron chi connectivity index (χ3n) is 4.32. The van der Waals surface area contributed by atoms with Gasteiger partial charge in [-0.15, -0.1) is 0 Å². The summed E-state index contributed by atoms with van der Waals surface area (Å²) in [4.78, 5) is 14.3. The van der Waals surface area contributed by atoms with Crippen LogP contribution in [0.2, 0.25) is 0 Å². The molecule has 1 aliphatic heterocycles. The van der Waals surface area contributed by atoms with Gasteiger partial charge in [0.15, 0.2) is 0 Å². The van der Waals surface area contributed by atoms with Crippen molar-refractivity contribution in [2.45, 2.75) is 25.2 Å². The van der Waals surface area contributed by atoms with Gasteiger partial charge < -0.3 is 4.90 Å². The van der Waals surface area contributed by atoms with Crippen LogP contribution in [-0.4, -0.2) is 23.9 Å². The smallest absolute Gasteiger partial charge is 0.226 e. The molecule has 1 aromatic carbocycles. The first-order chi connectivity index (χ1) is 9.29. The Labute approximate surface area is 113 Å². The van der Waals surface area contributed by atoms with Crippen molar-refractivity contribution in [3.63, 3.8) is 0 Å². The maximum atomic E-state index is 12.4. The van der Waals surface area contributed by atoms with Gasteiger partial charge >= 0.3 is 0 Å². The fourth-order valence-electron chi connectivity index (χ4n) is 3.00. The minimum absolute atomic E-state index is 0.146. The summed E-state index contributed by atoms with van der Waals surface area (Å²) in [6.45, 7) is 1.52. The van der Waals surface area contributed by atoms with E-state index in [1.165, 1.54) is 5.56 Å². The second-order valence-electron chi connectivity index (χ2n) is 5.59. The topological polar surface area (TPSA) is 44.1 Å². The van der Waals surface area contributed by atoms with E-state index in [0.29, 0.717) is 11.8 Å². The van der Waals surface area contributed by atoms with Gasteiger partial charge in [0.1, 0.15) is 0 Å². The first-order valence-corrected chi connectivity index (χ1v) is 7.03. The van der Waals surface area contributed by atoms with Gasteiger partial charge in [-0.25, -0.2) is 0 Å². The molecule has 0 aromatic heterocycles. The van der Waals surface area contributed by atoms with Gasteiger partial charge in [0.2, 0.25) is 5.91 Å². The molecule has 1 amide bonds. The molecular formula is C16H18N2O. The van der Waals surface area contributed by atoms with E-state index in [1.807, 2.05) is 23.1 Å². The van der Waals surface area contributed by atoms with Gasteiger partial charge in [0, 0.05) is 24.9 Å². The molecule has 3 heteroatoms. The highest BCUT2D eigenvalue weighted by Crippen LogP contribution is 2.48. The zero-order valence-corrected chi connectivity index (χ0v) is 11.0. The maximum absolute atomic E-state index is 12.4. The summed E-state index contributed by atoms with van der Waals surface area (Å²) in [7, 11) is 0. The summed E-state index contributed by atoms with van der Waals surface area (Å²) >= 11 is 0. The van der Waals surface area contributed by atoms with Crippen molar-refractivity contribution >= 4 is 5.91 Å². The summed E-state index contributed by atoms with van der Waals surface area (Å²) < 4.78 is 0. The summed E-state index contributed by atoms with van der Waals surface area (Å²) in [5, 5.41) is 8.87. The van der Waals surface area contributed by atoms with Crippen LogP contribution in [0.25, 0.3) is 0 Å². The van der Waals surface area contributed by atoms with Crippen LogP contribution in [0, 0.1) is 23.2 Å². The molecule has 1 aliphatic carbocycles. The Hall–Kier alpha value is -1.82. The lowest BCUT2D eigenvalue weighted by molar-refractivity contribution is -0.133. The molecule has 0 N–H and O–H groups in total. The quantitative estimate of drug-likeness (QED) is 0.814. The molecule has 2 unspecified atom stereocenters. The minimum atomic E-state index is 0.146. The average Bonchev–Trinajstić information content (AvgIpc) is 3.28. The van der Waals surface area contributed by atoms with E-state index in [0.717, 1.165) is 32.4 Å². The number of piperidine rings is 1. The van der Waals surface area contributed by atoms with Crippen molar-refractivity contribution in [2.75, 3.05) is 13.1 Å². The molecule has 3 rings (SSSR count). The molecule has 98 valence electrons. The fraction of sp³-hybridized carbons (Fsp3) is 0.500. The first-order valence-electron chi connectivity index (χ1n) is 7.03. The highest BCUT2D eigenvalue weighted by molar-refractivity contribution is 5.83. The van der Waals surface area contributed by atoms with E-state index in [1.54, 1.807) is 0 Å². The van der Waals surface area contributed by atoms with Crippen molar-refractivity contribution in [2.24, 2.45) is 11.8 Å². The van der Waals surface area contributed by atoms with Crippen molar-refractivity contribution in [3.05, 3.63) is 35.9 Å². The molecule has 1 heterocycles. The fourth-order valence-corrected chi connectivity index (χ4v) is 3.00. The molecule has 1 saturated heterocycles. The van der Waals surface area contributed by atoms with Crippen LogP contribution in [0.15, 0.2) is 30.3 Å². The van der Waals surface area contributed by atoms with Gasteiger partial charge in [-0.05, 0) is 30.7 Å². The Bertz CT molecular complexity index is 497. The summed E-state index contributed by atoms with van der Waals surface area (Å²) in [6.07, 6.45) is 2.66. The molecule has 0 spiro atoms. The monoisotopic (exact) mass is 254 g/mol. The van der Waals surface area contributed by atoms with E-state index < -0.39 is 0 Å². The molecule has 2 aliphatic rings. The maximum Gasteiger partial charge on any atom is 0.226 e. The van der Waals surface area contributed by atoms with Crippen LogP contribution in [0.5, 0.6) is 0 Å². The molecule has 2 atom stereocenters. The number of nitriles is 1. The van der Waals surface area contributed by atoms with Crippen LogP contribution < -0.4 is 0 Å². The molecule has 2 fully saturated rings. The number of benzene rings is 1. The number of hydrogen-bond acceptors (Lipinski definition) is 2. The molecular weight excluding hydrogens is 236 g/mol. The molecule has 0 bridgehead atoms. The lowest BCUT2D eigenvalue weighted by Crippen LogP contribution is -2.39. The van der Waals surface area contributed by atoms with Crippen LogP contribution in [0.1, 0.15) is 30.7 Å². The Kier molecular flexibility index (Phi) is 3.25. The molecule has 3 nitrogen and oxygen atoms in total. The third kappa shape index (κ3) is 2.49. The van der Waals surface area contributed by atoms with E-state index >= 15 is 0 Å². The second kappa shape index (κ2) is 5.05. The van der Waals surface area contributed by atoms with Crippen LogP contribution >= 0.6 is 0 Å². The van der Waals surface area contributed by atoms with Crippen molar-refractivity contribution in [3.8, 4) is 6.07 Å². The number of amides is 1. The Morgan fingerprint density at radius 3 is 2.53 bits per heavy atom. The van der Waals surface area contributed by atoms with Crippen molar-refractivity contribution in [1.29, 1.82) is 5.26 Å². The molecule has 0 radical (unpaired) electrons. The SMILES string of the molecule is N#CC1CCN(C(=O)C2CC2c2ccccc2)CC1. The number of hydrogen-bond donors (Lipinski definition) is 0. The number of carbonyl (C=O) groups excluding carboxylic acids is 1. The minimum Gasteiger partial charge on any atom is -0.342 e. The summed E-state index contributed by atoms with van der Waals surface area (Å²) in [5.41, 5.74) is 1.28. The molecule has 19 heavy (non-hydrogen) atoms. The number of likely N-dealkylation sites (tertiary alicyclic amines) is 1. The Balaban J connectivity index is 1.58. The summed E-state index contributed by atoms with van der Waals surface area (Å²) in [5.74, 6) is 1.04. The van der Waals surface area contributed by atoms with Gasteiger partial charge in [0.25, 0.3) is 0 Å². The standard InChI is InChI=1S/C16H18N2O/c17-11-12-6-8-18(9-7-12)16(19)15-10-14(15)13-4-2-1-3-5-13/h1-5,12,14-15H,6-10H2. The zero-order valence-electron chi connectivity index (χ0n) is 11.0. The van der Waals surface area contributed by atoms with E-state index in [2.05, 4.69) is 18.2 Å². The Morgan fingerprint density at radius 2 is 1.89 bits per heavy atom. The highest BCUT2D eigenvalue weighted by atomic mass is 16.2. The second-order valence-corrected chi connectivity index (χ2v) is 5.59. The normalized spacial score (nSPS) is 26.8. The molecule has 1 aromatic rings. The van der Waals surface area contributed by atoms with Crippen molar-refractivity contribution in [1.82, 2.24) is 4.90 Å². The number of carbonyl (C=O) groups is 1. The lowest BCUT2D eigenvalue weighted by Gasteiger charge is -2.29. The third-order valence-corrected chi connectivity index (χ3v) is 4.32. The van der Waals surface area contributed by atoms with Crippen LogP contribution in [0.4, 0.5) is 0 Å². The van der Waals surface area contributed by atoms with Gasteiger partial charge in [-0.2, -0.15) is 5.26 Å². The van der Waals surface area contributed by atoms with Crippen LogP contribution in [0.3, 0.4) is 0 Å². The first kappa shape index (κ1) is 12.2. The van der Waals surface area contributed by atoms with Crippen molar-refractivity contribution < 1.29 is 4.79 Å². The van der Waals surface area contributed by atoms with E-state index in [9.17, 15) is 4.79 Å². The number of rotatable bonds is 2. The predicted molar refractivity (Wildman–Crippen MR) is 72.2 cm³/mol. The summed E-state index contributed by atoms with van der Waals surface area (Å²) in [6, 6.07) is 12.6. The number of nitrogens with zero attached hydrogens (tertiary/aromatic N) is 2. The van der Waals surface area contributed by atoms with Gasteiger partial charge in [-0.1, -0.05) is 30.3 Å². The van der Waals surface area contributed by atoms with Gasteiger partial charge in [-0.3, -0.25) is 4.79 Å².